The quantitative estimate of drug-likeness (QED) is 0.691. The number of aryl methyl sites for hydroxylation is 2. The number of rotatable bonds is 2. The van der Waals surface area contributed by atoms with Crippen LogP contribution in [0.15, 0.2) is 33.2 Å². The van der Waals surface area contributed by atoms with E-state index in [1.807, 2.05) is 38.1 Å². The molecule has 0 saturated carbocycles. The molecule has 2 aromatic rings. The van der Waals surface area contributed by atoms with Crippen LogP contribution in [0.2, 0.25) is 0 Å². The van der Waals surface area contributed by atoms with Crippen LogP contribution in [0.1, 0.15) is 11.1 Å². The topological polar surface area (TPSA) is 40.5 Å². The molecule has 0 aliphatic carbocycles. The predicted molar refractivity (Wildman–Crippen MR) is 86.1 cm³/mol. The Morgan fingerprint density at radius 2 is 1.16 bits per heavy atom. The van der Waals surface area contributed by atoms with Crippen LogP contribution in [-0.4, -0.2) is 25.2 Å². The van der Waals surface area contributed by atoms with Gasteiger partial charge in [-0.05, 0) is 0 Å². The van der Waals surface area contributed by atoms with Crippen molar-refractivity contribution >= 4 is 55.7 Å². The van der Waals surface area contributed by atoms with Gasteiger partial charge in [0.2, 0.25) is 0 Å². The van der Waals surface area contributed by atoms with Crippen LogP contribution in [0.4, 0.5) is 0 Å². The average molecular weight is 451 g/mol. The van der Waals surface area contributed by atoms with Crippen molar-refractivity contribution in [2.24, 2.45) is 0 Å². The van der Waals surface area contributed by atoms with Crippen molar-refractivity contribution in [1.82, 2.24) is 0 Å². The second-order valence-corrected chi connectivity index (χ2v) is 8.27. The zero-order chi connectivity index (χ0) is 14.2. The maximum absolute atomic E-state index is 10.1. The second kappa shape index (κ2) is 5.88. The van der Waals surface area contributed by atoms with E-state index < -0.39 is 0 Å². The molecule has 2 nitrogen and oxygen atoms in total. The third-order valence-corrected chi connectivity index (χ3v) is 6.00. The number of phenolic OH excluding ortho intramolecular Hbond substituents is 2. The van der Waals surface area contributed by atoms with Crippen molar-refractivity contribution in [3.8, 4) is 11.5 Å². The van der Waals surface area contributed by atoms with Gasteiger partial charge in [0.05, 0.1) is 0 Å². The van der Waals surface area contributed by atoms with Gasteiger partial charge in [-0.2, -0.15) is 0 Å². The van der Waals surface area contributed by atoms with Crippen molar-refractivity contribution in [2.75, 3.05) is 0 Å². The molecule has 2 rings (SSSR count). The first-order chi connectivity index (χ1) is 8.88. The molecule has 0 unspecified atom stereocenters. The van der Waals surface area contributed by atoms with Gasteiger partial charge in [0.15, 0.2) is 0 Å². The molecular weight excluding hydrogens is 439 g/mol. The van der Waals surface area contributed by atoms with E-state index in [9.17, 15) is 10.2 Å². The Labute approximate surface area is 135 Å². The minimum atomic E-state index is -0.156. The van der Waals surface area contributed by atoms with Gasteiger partial charge < -0.3 is 0 Å². The van der Waals surface area contributed by atoms with Crippen molar-refractivity contribution in [2.45, 2.75) is 13.8 Å². The van der Waals surface area contributed by atoms with Crippen LogP contribution in [0.25, 0.3) is 0 Å². The van der Waals surface area contributed by atoms with Crippen molar-refractivity contribution in [3.63, 3.8) is 0 Å². The Hall–Kier alpha value is -0.481. The number of phenols is 2. The molecule has 0 fully saturated rings. The molecule has 0 radical (unpaired) electrons. The zero-order valence-electron chi connectivity index (χ0n) is 10.4. The van der Waals surface area contributed by atoms with Crippen LogP contribution in [0, 0.1) is 13.8 Å². The minimum absolute atomic E-state index is 0.156. The molecule has 5 heteroatoms. The molecule has 0 aliphatic rings. The van der Waals surface area contributed by atoms with Gasteiger partial charge in [-0.1, -0.05) is 0 Å². The van der Waals surface area contributed by atoms with E-state index in [2.05, 4.69) is 31.9 Å². The summed E-state index contributed by atoms with van der Waals surface area (Å²) in [5, 5.41) is 20.2. The number of hydrogen-bond acceptors (Lipinski definition) is 2. The van der Waals surface area contributed by atoms with Crippen LogP contribution < -0.4 is 8.92 Å². The van der Waals surface area contributed by atoms with E-state index >= 15 is 0 Å². The number of aromatic hydroxyl groups is 2. The predicted octanol–water partition coefficient (Wildman–Crippen LogP) is 2.89. The van der Waals surface area contributed by atoms with E-state index in [0.29, 0.717) is 8.95 Å². The summed E-state index contributed by atoms with van der Waals surface area (Å²) >= 11 is 6.54. The molecule has 0 amide bonds. The molecule has 0 heterocycles. The van der Waals surface area contributed by atoms with E-state index in [4.69, 9.17) is 0 Å². The summed E-state index contributed by atoms with van der Waals surface area (Å²) in [6.45, 7) is 3.96. The maximum atomic E-state index is 10.1. The Bertz CT molecular complexity index is 586. The molecule has 0 aromatic heterocycles. The van der Waals surface area contributed by atoms with Crippen LogP contribution in [-0.2, 0) is 0 Å². The van der Waals surface area contributed by atoms with E-state index in [0.717, 1.165) is 20.1 Å². The van der Waals surface area contributed by atoms with Crippen LogP contribution in [0.3, 0.4) is 0 Å². The summed E-state index contributed by atoms with van der Waals surface area (Å²) in [7, 11) is 0. The van der Waals surface area contributed by atoms with E-state index in [1.54, 1.807) is 0 Å². The molecule has 0 saturated heterocycles. The normalized spacial score (nSPS) is 10.7. The zero-order valence-corrected chi connectivity index (χ0v) is 15.3. The summed E-state index contributed by atoms with van der Waals surface area (Å²) in [6, 6.07) is 7.66. The van der Waals surface area contributed by atoms with Gasteiger partial charge in [-0.25, -0.2) is 0 Å². The summed E-state index contributed by atoms with van der Waals surface area (Å²) < 4.78 is 3.09. The summed E-state index contributed by atoms with van der Waals surface area (Å²) in [6.07, 6.45) is 0. The summed E-state index contributed by atoms with van der Waals surface area (Å²) in [4.78, 5) is 0. The first kappa shape index (κ1) is 14.9. The van der Waals surface area contributed by atoms with Crippen molar-refractivity contribution in [3.05, 3.63) is 44.3 Å². The molecule has 0 atom stereocenters. The van der Waals surface area contributed by atoms with Gasteiger partial charge in [-0.15, -0.1) is 0 Å². The number of benzene rings is 2. The average Bonchev–Trinajstić information content (AvgIpc) is 2.31. The molecule has 0 aliphatic heterocycles. The van der Waals surface area contributed by atoms with Gasteiger partial charge in [0.25, 0.3) is 0 Å². The van der Waals surface area contributed by atoms with Gasteiger partial charge in [0, 0.05) is 0 Å². The summed E-state index contributed by atoms with van der Waals surface area (Å²) in [5.74, 6) is 0.505. The van der Waals surface area contributed by atoms with Crippen molar-refractivity contribution in [1.29, 1.82) is 0 Å². The number of hydrogen-bond donors (Lipinski definition) is 2. The van der Waals surface area contributed by atoms with Crippen molar-refractivity contribution < 1.29 is 10.2 Å². The second-order valence-electron chi connectivity index (χ2n) is 4.29. The number of halogens is 2. The van der Waals surface area contributed by atoms with Gasteiger partial charge in [-0.3, -0.25) is 0 Å². The fraction of sp³-hybridized carbons (Fsp3) is 0.143. The Morgan fingerprint density at radius 1 is 0.789 bits per heavy atom. The van der Waals surface area contributed by atoms with Crippen LogP contribution in [0.5, 0.6) is 11.5 Å². The fourth-order valence-corrected chi connectivity index (χ4v) is 5.81. The Balaban J connectivity index is 2.47. The molecule has 0 spiro atoms. The molecular formula is C14H12Br2O2Se. The molecule has 2 aromatic carbocycles. The van der Waals surface area contributed by atoms with Gasteiger partial charge in [0.1, 0.15) is 0 Å². The monoisotopic (exact) mass is 450 g/mol. The van der Waals surface area contributed by atoms with E-state index in [-0.39, 0.29) is 26.5 Å². The first-order valence-corrected chi connectivity index (χ1v) is 8.84. The summed E-state index contributed by atoms with van der Waals surface area (Å²) in [5.41, 5.74) is 2.15. The SMILES string of the molecule is Cc1cc(Br)c(O)c([Se]c2cc(C)cc(Br)c2O)c1. The fourth-order valence-electron chi connectivity index (χ4n) is 1.68. The Kier molecular flexibility index (Phi) is 4.62. The standard InChI is InChI=1S/C14H12Br2O2Se/c1-7-3-9(15)13(17)11(5-7)19-12-6-8(2)4-10(16)14(12)18/h3-6,17-18H,1-2H3. The molecule has 2 N–H and O–H groups in total. The molecule has 100 valence electrons. The third-order valence-electron chi connectivity index (χ3n) is 2.57. The molecule has 0 bridgehead atoms. The Morgan fingerprint density at radius 3 is 1.53 bits per heavy atom. The first-order valence-electron chi connectivity index (χ1n) is 5.54. The van der Waals surface area contributed by atoms with Crippen LogP contribution >= 0.6 is 31.9 Å². The van der Waals surface area contributed by atoms with Gasteiger partial charge >= 0.3 is 136 Å². The molecule has 19 heavy (non-hydrogen) atoms. The third kappa shape index (κ3) is 3.34. The van der Waals surface area contributed by atoms with E-state index in [1.165, 1.54) is 0 Å².